The summed E-state index contributed by atoms with van der Waals surface area (Å²) in [6.45, 7) is 1.23. The van der Waals surface area contributed by atoms with Gasteiger partial charge in [0.05, 0.1) is 12.1 Å². The summed E-state index contributed by atoms with van der Waals surface area (Å²) in [5.41, 5.74) is 9.16. The number of azide groups is 1. The van der Waals surface area contributed by atoms with Crippen LogP contribution in [-0.4, -0.2) is 41.9 Å². The molecule has 0 bridgehead atoms. The molecule has 1 saturated heterocycles. The van der Waals surface area contributed by atoms with E-state index >= 15 is 0 Å². The fourth-order valence-electron chi connectivity index (χ4n) is 2.34. The van der Waals surface area contributed by atoms with Crippen LogP contribution in [0.3, 0.4) is 0 Å². The summed E-state index contributed by atoms with van der Waals surface area (Å²) in [7, 11) is 0. The second-order valence-electron chi connectivity index (χ2n) is 4.76. The zero-order valence-corrected chi connectivity index (χ0v) is 10.6. The highest BCUT2D eigenvalue weighted by Gasteiger charge is 2.29. The van der Waals surface area contributed by atoms with Crippen molar-refractivity contribution in [2.24, 2.45) is 5.11 Å². The van der Waals surface area contributed by atoms with Crippen molar-refractivity contribution >= 4 is 0 Å². The van der Waals surface area contributed by atoms with Gasteiger partial charge in [-0.15, -0.1) is 0 Å². The summed E-state index contributed by atoms with van der Waals surface area (Å²) in [6.07, 6.45) is -1.29. The van der Waals surface area contributed by atoms with Crippen molar-refractivity contribution in [2.75, 3.05) is 19.6 Å². The van der Waals surface area contributed by atoms with Crippen LogP contribution in [0.15, 0.2) is 35.4 Å². The molecule has 2 rings (SSSR count). The summed E-state index contributed by atoms with van der Waals surface area (Å²) < 4.78 is 13.7. The number of piperidine rings is 1. The fraction of sp³-hybridized carbons (Fsp3) is 0.538. The van der Waals surface area contributed by atoms with Crippen molar-refractivity contribution in [2.45, 2.75) is 24.7 Å². The smallest absolute Gasteiger partial charge is 0.121 e. The van der Waals surface area contributed by atoms with Gasteiger partial charge in [0.1, 0.15) is 6.17 Å². The molecule has 0 saturated carbocycles. The molecule has 0 amide bonds. The predicted molar refractivity (Wildman–Crippen MR) is 70.3 cm³/mol. The molecule has 1 fully saturated rings. The largest absolute Gasteiger partial charge is 0.387 e. The molecule has 5 nitrogen and oxygen atoms in total. The van der Waals surface area contributed by atoms with Crippen molar-refractivity contribution < 1.29 is 9.50 Å². The van der Waals surface area contributed by atoms with Gasteiger partial charge < -0.3 is 5.11 Å². The third kappa shape index (κ3) is 3.67. The summed E-state index contributed by atoms with van der Waals surface area (Å²) in [5.74, 6) is 0. The number of alkyl halides is 1. The number of aliphatic hydroxyl groups excluding tert-OH is 1. The summed E-state index contributed by atoms with van der Waals surface area (Å²) in [4.78, 5) is 4.53. The third-order valence-electron chi connectivity index (χ3n) is 3.41. The Morgan fingerprint density at radius 3 is 2.84 bits per heavy atom. The van der Waals surface area contributed by atoms with Gasteiger partial charge in [0.15, 0.2) is 0 Å². The van der Waals surface area contributed by atoms with E-state index in [4.69, 9.17) is 5.53 Å². The minimum Gasteiger partial charge on any atom is -0.387 e. The number of rotatable bonds is 4. The number of halogens is 1. The summed E-state index contributed by atoms with van der Waals surface area (Å²) in [6, 6.07) is 8.75. The van der Waals surface area contributed by atoms with Crippen LogP contribution in [-0.2, 0) is 0 Å². The Bertz CT molecular complexity index is 449. The lowest BCUT2D eigenvalue weighted by atomic mass is 10.0. The Labute approximate surface area is 111 Å². The Morgan fingerprint density at radius 1 is 1.47 bits per heavy atom. The van der Waals surface area contributed by atoms with Gasteiger partial charge in [-0.05, 0) is 24.1 Å². The van der Waals surface area contributed by atoms with E-state index in [0.717, 1.165) is 5.56 Å². The normalized spacial score (nSPS) is 25.6. The zero-order valence-electron chi connectivity index (χ0n) is 10.6. The van der Waals surface area contributed by atoms with Crippen LogP contribution in [0, 0.1) is 0 Å². The molecule has 3 atom stereocenters. The van der Waals surface area contributed by atoms with E-state index in [2.05, 4.69) is 10.0 Å². The van der Waals surface area contributed by atoms with Gasteiger partial charge in [-0.25, -0.2) is 4.39 Å². The second-order valence-corrected chi connectivity index (χ2v) is 4.76. The molecule has 0 aliphatic carbocycles. The molecule has 1 aromatic rings. The lowest BCUT2D eigenvalue weighted by molar-refractivity contribution is 0.0647. The average molecular weight is 264 g/mol. The number of β-amino-alcohol motifs (C(OH)–C–C–N with tert-alkyl or cyclic N) is 1. The zero-order chi connectivity index (χ0) is 13.7. The van der Waals surface area contributed by atoms with E-state index < -0.39 is 18.3 Å². The van der Waals surface area contributed by atoms with Gasteiger partial charge in [-0.3, -0.25) is 4.90 Å². The molecule has 0 aromatic heterocycles. The molecule has 1 heterocycles. The molecule has 1 aliphatic rings. The van der Waals surface area contributed by atoms with Gasteiger partial charge in [-0.2, -0.15) is 0 Å². The fourth-order valence-corrected chi connectivity index (χ4v) is 2.34. The van der Waals surface area contributed by atoms with Gasteiger partial charge >= 0.3 is 0 Å². The quantitative estimate of drug-likeness (QED) is 0.515. The van der Waals surface area contributed by atoms with Crippen molar-refractivity contribution in [3.05, 3.63) is 46.3 Å². The van der Waals surface area contributed by atoms with E-state index in [1.54, 1.807) is 0 Å². The number of likely N-dealkylation sites (tertiary alicyclic amines) is 1. The highest BCUT2D eigenvalue weighted by atomic mass is 19.1. The topological polar surface area (TPSA) is 72.2 Å². The molecule has 19 heavy (non-hydrogen) atoms. The standard InChI is InChI=1S/C13H17FN4O/c14-11-8-18(7-6-12(11)16-17-15)9-13(19)10-4-2-1-3-5-10/h1-5,11-13,19H,6-9H2. The first kappa shape index (κ1) is 13.8. The molecular formula is C13H17FN4O. The van der Waals surface area contributed by atoms with Crippen LogP contribution >= 0.6 is 0 Å². The van der Waals surface area contributed by atoms with Gasteiger partial charge in [0.25, 0.3) is 0 Å². The van der Waals surface area contributed by atoms with E-state index in [1.165, 1.54) is 0 Å². The van der Waals surface area contributed by atoms with Crippen molar-refractivity contribution in [1.82, 2.24) is 4.90 Å². The Kier molecular flexibility index (Phi) is 4.74. The van der Waals surface area contributed by atoms with Crippen LogP contribution in [0.1, 0.15) is 18.1 Å². The van der Waals surface area contributed by atoms with Crippen molar-refractivity contribution in [3.8, 4) is 0 Å². The lowest BCUT2D eigenvalue weighted by Gasteiger charge is -2.33. The number of nitrogens with zero attached hydrogens (tertiary/aromatic N) is 4. The maximum absolute atomic E-state index is 13.7. The SMILES string of the molecule is [N-]=[N+]=NC1CCN(CC(O)c2ccccc2)CC1F. The number of hydrogen-bond donors (Lipinski definition) is 1. The van der Waals surface area contributed by atoms with E-state index in [0.29, 0.717) is 19.5 Å². The molecule has 3 unspecified atom stereocenters. The van der Waals surface area contributed by atoms with Crippen LogP contribution < -0.4 is 0 Å². The molecule has 102 valence electrons. The highest BCUT2D eigenvalue weighted by molar-refractivity contribution is 5.17. The molecule has 0 spiro atoms. The predicted octanol–water partition coefficient (Wildman–Crippen LogP) is 2.44. The lowest BCUT2D eigenvalue weighted by Crippen LogP contribution is -2.45. The Balaban J connectivity index is 1.89. The van der Waals surface area contributed by atoms with Crippen LogP contribution in [0.25, 0.3) is 10.4 Å². The van der Waals surface area contributed by atoms with E-state index in [-0.39, 0.29) is 6.54 Å². The summed E-state index contributed by atoms with van der Waals surface area (Å²) >= 11 is 0. The molecule has 0 radical (unpaired) electrons. The monoisotopic (exact) mass is 264 g/mol. The average Bonchev–Trinajstić information content (AvgIpc) is 2.43. The maximum Gasteiger partial charge on any atom is 0.121 e. The summed E-state index contributed by atoms with van der Waals surface area (Å²) in [5, 5.41) is 13.5. The number of hydrogen-bond acceptors (Lipinski definition) is 3. The molecule has 1 N–H and O–H groups in total. The first-order chi connectivity index (χ1) is 9.20. The molecule has 6 heteroatoms. The first-order valence-corrected chi connectivity index (χ1v) is 6.34. The van der Waals surface area contributed by atoms with Crippen LogP contribution in [0.2, 0.25) is 0 Å². The van der Waals surface area contributed by atoms with Gasteiger partial charge in [-0.1, -0.05) is 35.4 Å². The maximum atomic E-state index is 13.7. The second kappa shape index (κ2) is 6.52. The van der Waals surface area contributed by atoms with Crippen molar-refractivity contribution in [1.29, 1.82) is 0 Å². The molecular weight excluding hydrogens is 247 g/mol. The third-order valence-corrected chi connectivity index (χ3v) is 3.41. The van der Waals surface area contributed by atoms with Crippen LogP contribution in [0.5, 0.6) is 0 Å². The van der Waals surface area contributed by atoms with Gasteiger partial charge in [0.2, 0.25) is 0 Å². The van der Waals surface area contributed by atoms with E-state index in [9.17, 15) is 9.50 Å². The van der Waals surface area contributed by atoms with Crippen LogP contribution in [0.4, 0.5) is 4.39 Å². The number of benzene rings is 1. The van der Waals surface area contributed by atoms with Gasteiger partial charge in [0, 0.05) is 18.0 Å². The van der Waals surface area contributed by atoms with Crippen molar-refractivity contribution in [3.63, 3.8) is 0 Å². The minimum absolute atomic E-state index is 0.202. The Hall–Kier alpha value is -1.62. The Morgan fingerprint density at radius 2 is 2.21 bits per heavy atom. The van der Waals surface area contributed by atoms with E-state index in [1.807, 2.05) is 35.2 Å². The first-order valence-electron chi connectivity index (χ1n) is 6.34. The highest BCUT2D eigenvalue weighted by Crippen LogP contribution is 2.20. The molecule has 1 aliphatic heterocycles. The minimum atomic E-state index is -1.16. The number of aliphatic hydroxyl groups is 1. The molecule has 1 aromatic carbocycles.